The minimum absolute atomic E-state index is 0.0294. The van der Waals surface area contributed by atoms with Crippen molar-refractivity contribution >= 4 is 35.2 Å². The zero-order valence-electron chi connectivity index (χ0n) is 15.8. The summed E-state index contributed by atoms with van der Waals surface area (Å²) in [5.74, 6) is -0.350. The SMILES string of the molecule is COC(=O)C(c1ccc(Cl)cc1)N1CCN(C(=O)c2cccnc2SC)CC1. The Morgan fingerprint density at radius 2 is 1.82 bits per heavy atom. The number of esters is 1. The number of piperazine rings is 1. The van der Waals surface area contributed by atoms with Crippen LogP contribution in [-0.2, 0) is 9.53 Å². The highest BCUT2D eigenvalue weighted by Gasteiger charge is 2.33. The standard InChI is InChI=1S/C20H22ClN3O3S/c1-27-20(26)17(14-5-7-15(21)8-6-14)23-10-12-24(13-11-23)19(25)16-4-3-9-22-18(16)28-2/h3-9,17H,10-13H2,1-2H3. The number of carbonyl (C=O) groups excluding carboxylic acids is 2. The van der Waals surface area contributed by atoms with E-state index in [1.165, 1.54) is 18.9 Å². The Bertz CT molecular complexity index is 839. The molecule has 148 valence electrons. The van der Waals surface area contributed by atoms with Crippen molar-refractivity contribution in [1.29, 1.82) is 0 Å². The Morgan fingerprint density at radius 1 is 1.14 bits per heavy atom. The van der Waals surface area contributed by atoms with Gasteiger partial charge < -0.3 is 9.64 Å². The average molecular weight is 420 g/mol. The lowest BCUT2D eigenvalue weighted by Crippen LogP contribution is -2.51. The van der Waals surface area contributed by atoms with Crippen LogP contribution in [0.1, 0.15) is 22.0 Å². The second kappa shape index (κ2) is 9.41. The lowest BCUT2D eigenvalue weighted by Gasteiger charge is -2.38. The van der Waals surface area contributed by atoms with Crippen molar-refractivity contribution in [2.24, 2.45) is 0 Å². The van der Waals surface area contributed by atoms with Crippen LogP contribution in [0.25, 0.3) is 0 Å². The van der Waals surface area contributed by atoms with E-state index in [0.29, 0.717) is 36.8 Å². The van der Waals surface area contributed by atoms with Crippen LogP contribution in [0.5, 0.6) is 0 Å². The zero-order chi connectivity index (χ0) is 20.1. The molecule has 8 heteroatoms. The number of aromatic nitrogens is 1. The van der Waals surface area contributed by atoms with Crippen molar-refractivity contribution < 1.29 is 14.3 Å². The molecule has 28 heavy (non-hydrogen) atoms. The van der Waals surface area contributed by atoms with Gasteiger partial charge in [-0.1, -0.05) is 23.7 Å². The van der Waals surface area contributed by atoms with E-state index < -0.39 is 6.04 Å². The quantitative estimate of drug-likeness (QED) is 0.548. The summed E-state index contributed by atoms with van der Waals surface area (Å²) in [6.45, 7) is 2.21. The number of hydrogen-bond acceptors (Lipinski definition) is 6. The fourth-order valence-corrected chi connectivity index (χ4v) is 3.99. The second-order valence-corrected chi connectivity index (χ2v) is 7.60. The summed E-state index contributed by atoms with van der Waals surface area (Å²) in [5, 5.41) is 1.34. The first-order valence-corrected chi connectivity index (χ1v) is 10.5. The number of carbonyl (C=O) groups is 2. The van der Waals surface area contributed by atoms with Gasteiger partial charge in [-0.3, -0.25) is 9.69 Å². The van der Waals surface area contributed by atoms with E-state index in [-0.39, 0.29) is 11.9 Å². The molecule has 1 aromatic carbocycles. The highest BCUT2D eigenvalue weighted by Crippen LogP contribution is 2.26. The van der Waals surface area contributed by atoms with E-state index in [4.69, 9.17) is 16.3 Å². The van der Waals surface area contributed by atoms with E-state index in [1.54, 1.807) is 30.5 Å². The van der Waals surface area contributed by atoms with Crippen LogP contribution in [0.4, 0.5) is 0 Å². The summed E-state index contributed by atoms with van der Waals surface area (Å²) >= 11 is 7.43. The number of rotatable bonds is 5. The van der Waals surface area contributed by atoms with Gasteiger partial charge in [0.2, 0.25) is 0 Å². The predicted octanol–water partition coefficient (Wildman–Crippen LogP) is 3.13. The molecule has 2 aromatic rings. The summed E-state index contributed by atoms with van der Waals surface area (Å²) in [6, 6.07) is 10.3. The maximum Gasteiger partial charge on any atom is 0.327 e. The Kier molecular flexibility index (Phi) is 6.93. The highest BCUT2D eigenvalue weighted by atomic mass is 35.5. The molecule has 1 unspecified atom stereocenters. The topological polar surface area (TPSA) is 62.7 Å². The summed E-state index contributed by atoms with van der Waals surface area (Å²) in [7, 11) is 1.39. The van der Waals surface area contributed by atoms with E-state index >= 15 is 0 Å². The molecule has 0 spiro atoms. The normalized spacial score (nSPS) is 15.9. The molecule has 0 aliphatic carbocycles. The molecular weight excluding hydrogens is 398 g/mol. The van der Waals surface area contributed by atoms with Crippen LogP contribution in [0, 0.1) is 0 Å². The molecule has 0 saturated carbocycles. The molecule has 0 radical (unpaired) electrons. The highest BCUT2D eigenvalue weighted by molar-refractivity contribution is 7.98. The van der Waals surface area contributed by atoms with Crippen LogP contribution >= 0.6 is 23.4 Å². The Balaban J connectivity index is 1.73. The summed E-state index contributed by atoms with van der Waals surface area (Å²) in [6.07, 6.45) is 3.59. The van der Waals surface area contributed by atoms with Gasteiger partial charge in [-0.05, 0) is 36.1 Å². The summed E-state index contributed by atoms with van der Waals surface area (Å²) in [4.78, 5) is 33.4. The molecule has 1 aliphatic heterocycles. The van der Waals surface area contributed by atoms with Crippen molar-refractivity contribution in [1.82, 2.24) is 14.8 Å². The van der Waals surface area contributed by atoms with E-state index in [9.17, 15) is 9.59 Å². The zero-order valence-corrected chi connectivity index (χ0v) is 17.4. The number of nitrogens with zero attached hydrogens (tertiary/aromatic N) is 3. The Labute approximate surface area is 173 Å². The van der Waals surface area contributed by atoms with Crippen LogP contribution in [0.2, 0.25) is 5.02 Å². The molecule has 3 rings (SSSR count). The number of pyridine rings is 1. The van der Waals surface area contributed by atoms with Crippen LogP contribution in [-0.4, -0.2) is 66.2 Å². The first-order chi connectivity index (χ1) is 13.5. The number of thioether (sulfide) groups is 1. The third kappa shape index (κ3) is 4.48. The molecule has 1 amide bonds. The third-order valence-corrected chi connectivity index (χ3v) is 5.74. The molecule has 1 saturated heterocycles. The van der Waals surface area contributed by atoms with E-state index in [0.717, 1.165) is 10.6 Å². The molecule has 1 fully saturated rings. The molecule has 0 N–H and O–H groups in total. The van der Waals surface area contributed by atoms with Gasteiger partial charge in [-0.25, -0.2) is 9.78 Å². The van der Waals surface area contributed by atoms with Gasteiger partial charge >= 0.3 is 5.97 Å². The van der Waals surface area contributed by atoms with Gasteiger partial charge in [0.25, 0.3) is 5.91 Å². The van der Waals surface area contributed by atoms with Crippen LogP contribution < -0.4 is 0 Å². The fraction of sp³-hybridized carbons (Fsp3) is 0.350. The first kappa shape index (κ1) is 20.6. The fourth-order valence-electron chi connectivity index (χ4n) is 3.32. The van der Waals surface area contributed by atoms with Crippen LogP contribution in [0.15, 0.2) is 47.6 Å². The molecule has 0 bridgehead atoms. The van der Waals surface area contributed by atoms with Gasteiger partial charge in [0.05, 0.1) is 12.7 Å². The summed E-state index contributed by atoms with van der Waals surface area (Å²) < 4.78 is 5.02. The predicted molar refractivity (Wildman–Crippen MR) is 110 cm³/mol. The van der Waals surface area contributed by atoms with Gasteiger partial charge in [-0.2, -0.15) is 0 Å². The smallest absolute Gasteiger partial charge is 0.327 e. The molecular formula is C20H22ClN3O3S. The lowest BCUT2D eigenvalue weighted by atomic mass is 10.0. The second-order valence-electron chi connectivity index (χ2n) is 6.37. The first-order valence-electron chi connectivity index (χ1n) is 8.90. The number of hydrogen-bond donors (Lipinski definition) is 0. The Hall–Kier alpha value is -2.09. The molecule has 1 aliphatic rings. The Morgan fingerprint density at radius 3 is 2.43 bits per heavy atom. The minimum atomic E-state index is -0.514. The maximum absolute atomic E-state index is 12.9. The van der Waals surface area contributed by atoms with E-state index in [2.05, 4.69) is 4.98 Å². The largest absolute Gasteiger partial charge is 0.468 e. The minimum Gasteiger partial charge on any atom is -0.468 e. The average Bonchev–Trinajstić information content (AvgIpc) is 2.75. The molecule has 1 atom stereocenters. The number of ether oxygens (including phenoxy) is 1. The van der Waals surface area contributed by atoms with Gasteiger partial charge in [0.1, 0.15) is 11.1 Å². The van der Waals surface area contributed by atoms with Crippen molar-refractivity contribution in [2.45, 2.75) is 11.1 Å². The van der Waals surface area contributed by atoms with Crippen molar-refractivity contribution in [3.05, 3.63) is 58.7 Å². The summed E-state index contributed by atoms with van der Waals surface area (Å²) in [5.41, 5.74) is 1.44. The number of benzene rings is 1. The number of halogens is 1. The van der Waals surface area contributed by atoms with Crippen molar-refractivity contribution in [3.8, 4) is 0 Å². The third-order valence-electron chi connectivity index (χ3n) is 4.77. The van der Waals surface area contributed by atoms with Gasteiger partial charge in [0, 0.05) is 37.4 Å². The molecule has 2 heterocycles. The number of amides is 1. The van der Waals surface area contributed by atoms with Crippen LogP contribution in [0.3, 0.4) is 0 Å². The molecule has 6 nitrogen and oxygen atoms in total. The van der Waals surface area contributed by atoms with Crippen molar-refractivity contribution in [2.75, 3.05) is 39.5 Å². The van der Waals surface area contributed by atoms with Gasteiger partial charge in [-0.15, -0.1) is 11.8 Å². The molecule has 1 aromatic heterocycles. The lowest BCUT2D eigenvalue weighted by molar-refractivity contribution is -0.148. The van der Waals surface area contributed by atoms with E-state index in [1.807, 2.05) is 28.2 Å². The van der Waals surface area contributed by atoms with Crippen molar-refractivity contribution in [3.63, 3.8) is 0 Å². The van der Waals surface area contributed by atoms with Gasteiger partial charge in [0.15, 0.2) is 0 Å². The number of methoxy groups -OCH3 is 1. The maximum atomic E-state index is 12.9. The monoisotopic (exact) mass is 419 g/mol.